The van der Waals surface area contributed by atoms with Gasteiger partial charge in [-0.1, -0.05) is 0 Å². The van der Waals surface area contributed by atoms with Crippen LogP contribution in [0.3, 0.4) is 0 Å². The SMILES string of the molecule is O=C(Nc1cc(S(=O)(=O)N2CCOCC2)ccc1N1CCCC1)c1ccc(N2CCCC2=O)cc1. The molecule has 0 radical (unpaired) electrons. The predicted molar refractivity (Wildman–Crippen MR) is 133 cm³/mol. The lowest BCUT2D eigenvalue weighted by Gasteiger charge is -2.27. The molecular formula is C25H30N4O5S. The average Bonchev–Trinajstić information content (AvgIpc) is 3.57. The molecule has 3 saturated heterocycles. The van der Waals surface area contributed by atoms with Crippen LogP contribution in [-0.2, 0) is 19.6 Å². The maximum absolute atomic E-state index is 13.2. The molecule has 2 aromatic carbocycles. The van der Waals surface area contributed by atoms with E-state index in [0.29, 0.717) is 50.5 Å². The number of carbonyl (C=O) groups excluding carboxylic acids is 2. The number of benzene rings is 2. The Morgan fingerprint density at radius 2 is 1.60 bits per heavy atom. The molecule has 0 bridgehead atoms. The highest BCUT2D eigenvalue weighted by Crippen LogP contribution is 2.33. The standard InChI is InChI=1S/C25H30N4O5S/c30-24-4-3-13-29(24)20-7-5-19(6-8-20)25(31)26-22-18-21(9-10-23(22)27-11-1-2-12-27)35(32,33)28-14-16-34-17-15-28/h5-10,18H,1-4,11-17H2,(H,26,31). The lowest BCUT2D eigenvalue weighted by Crippen LogP contribution is -2.40. The fourth-order valence-corrected chi connectivity index (χ4v) is 6.29. The van der Waals surface area contributed by atoms with Gasteiger partial charge in [-0.25, -0.2) is 8.42 Å². The van der Waals surface area contributed by atoms with Crippen molar-refractivity contribution >= 4 is 38.9 Å². The third-order valence-corrected chi connectivity index (χ3v) is 8.68. The third-order valence-electron chi connectivity index (χ3n) is 6.79. The van der Waals surface area contributed by atoms with Crippen molar-refractivity contribution in [2.24, 2.45) is 0 Å². The molecule has 3 fully saturated rings. The summed E-state index contributed by atoms with van der Waals surface area (Å²) in [5.41, 5.74) is 2.51. The second-order valence-corrected chi connectivity index (χ2v) is 11.0. The monoisotopic (exact) mass is 498 g/mol. The second-order valence-electron chi connectivity index (χ2n) is 9.04. The van der Waals surface area contributed by atoms with E-state index in [0.717, 1.165) is 43.7 Å². The summed E-state index contributed by atoms with van der Waals surface area (Å²) in [5, 5.41) is 2.95. The number of carbonyl (C=O) groups is 2. The summed E-state index contributed by atoms with van der Waals surface area (Å²) < 4.78 is 33.2. The number of morpholine rings is 1. The smallest absolute Gasteiger partial charge is 0.255 e. The molecule has 35 heavy (non-hydrogen) atoms. The quantitative estimate of drug-likeness (QED) is 0.658. The summed E-state index contributed by atoms with van der Waals surface area (Å²) in [6.07, 6.45) is 3.49. The van der Waals surface area contributed by atoms with Crippen LogP contribution in [0.25, 0.3) is 0 Å². The maximum atomic E-state index is 13.2. The number of nitrogens with zero attached hydrogens (tertiary/aromatic N) is 3. The molecule has 0 aliphatic carbocycles. The van der Waals surface area contributed by atoms with Gasteiger partial charge in [-0.15, -0.1) is 0 Å². The molecule has 0 aromatic heterocycles. The fraction of sp³-hybridized carbons (Fsp3) is 0.440. The topological polar surface area (TPSA) is 99.3 Å². The molecule has 2 amide bonds. The van der Waals surface area contributed by atoms with Crippen molar-refractivity contribution in [3.63, 3.8) is 0 Å². The number of hydrogen-bond donors (Lipinski definition) is 1. The molecule has 10 heteroatoms. The first kappa shape index (κ1) is 23.8. The molecule has 5 rings (SSSR count). The summed E-state index contributed by atoms with van der Waals surface area (Å²) in [6.45, 7) is 3.76. The predicted octanol–water partition coefficient (Wildman–Crippen LogP) is 2.69. The highest BCUT2D eigenvalue weighted by atomic mass is 32.2. The first-order valence-electron chi connectivity index (χ1n) is 12.1. The third kappa shape index (κ3) is 4.91. The van der Waals surface area contributed by atoms with Crippen LogP contribution in [0.1, 0.15) is 36.0 Å². The normalized spacial score (nSPS) is 19.4. The zero-order valence-electron chi connectivity index (χ0n) is 19.6. The van der Waals surface area contributed by atoms with Crippen LogP contribution in [0.15, 0.2) is 47.4 Å². The molecule has 3 heterocycles. The van der Waals surface area contributed by atoms with Crippen molar-refractivity contribution in [2.75, 3.05) is 61.1 Å². The lowest BCUT2D eigenvalue weighted by atomic mass is 10.1. The van der Waals surface area contributed by atoms with E-state index < -0.39 is 10.0 Å². The van der Waals surface area contributed by atoms with Gasteiger partial charge in [0.25, 0.3) is 5.91 Å². The molecule has 186 valence electrons. The van der Waals surface area contributed by atoms with Crippen LogP contribution in [0.2, 0.25) is 0 Å². The number of anilines is 3. The summed E-state index contributed by atoms with van der Waals surface area (Å²) >= 11 is 0. The van der Waals surface area contributed by atoms with Crippen LogP contribution >= 0.6 is 0 Å². The number of ether oxygens (including phenoxy) is 1. The molecule has 9 nitrogen and oxygen atoms in total. The Morgan fingerprint density at radius 1 is 0.886 bits per heavy atom. The van der Waals surface area contributed by atoms with E-state index in [1.165, 1.54) is 4.31 Å². The highest BCUT2D eigenvalue weighted by Gasteiger charge is 2.28. The Bertz CT molecular complexity index is 1200. The van der Waals surface area contributed by atoms with Crippen molar-refractivity contribution in [1.82, 2.24) is 4.31 Å². The van der Waals surface area contributed by atoms with Gasteiger partial charge in [0.15, 0.2) is 0 Å². The van der Waals surface area contributed by atoms with Crippen LogP contribution in [-0.4, -0.2) is 70.5 Å². The second kappa shape index (κ2) is 9.96. The first-order chi connectivity index (χ1) is 16.9. The van der Waals surface area contributed by atoms with Gasteiger partial charge in [0.2, 0.25) is 15.9 Å². The van der Waals surface area contributed by atoms with Gasteiger partial charge in [-0.05, 0) is 61.7 Å². The minimum atomic E-state index is -3.70. The molecule has 0 unspecified atom stereocenters. The van der Waals surface area contributed by atoms with Crippen molar-refractivity contribution in [1.29, 1.82) is 0 Å². The van der Waals surface area contributed by atoms with Crippen LogP contribution in [0.5, 0.6) is 0 Å². The molecule has 1 N–H and O–H groups in total. The molecular weight excluding hydrogens is 468 g/mol. The van der Waals surface area contributed by atoms with E-state index in [1.54, 1.807) is 47.4 Å². The number of sulfonamides is 1. The lowest BCUT2D eigenvalue weighted by molar-refractivity contribution is -0.117. The van der Waals surface area contributed by atoms with E-state index in [-0.39, 0.29) is 16.7 Å². The molecule has 0 atom stereocenters. The van der Waals surface area contributed by atoms with Gasteiger partial charge >= 0.3 is 0 Å². The molecule has 0 spiro atoms. The Morgan fingerprint density at radius 3 is 2.26 bits per heavy atom. The van der Waals surface area contributed by atoms with E-state index in [2.05, 4.69) is 10.2 Å². The first-order valence-corrected chi connectivity index (χ1v) is 13.6. The molecule has 3 aliphatic heterocycles. The van der Waals surface area contributed by atoms with Crippen molar-refractivity contribution in [2.45, 2.75) is 30.6 Å². The van der Waals surface area contributed by atoms with Crippen molar-refractivity contribution in [3.05, 3.63) is 48.0 Å². The van der Waals surface area contributed by atoms with Crippen molar-refractivity contribution < 1.29 is 22.7 Å². The summed E-state index contributed by atoms with van der Waals surface area (Å²) in [7, 11) is -3.70. The average molecular weight is 499 g/mol. The summed E-state index contributed by atoms with van der Waals surface area (Å²) in [5.74, 6) is -0.235. The Balaban J connectivity index is 1.41. The van der Waals surface area contributed by atoms with Gasteiger partial charge in [-0.3, -0.25) is 9.59 Å². The number of hydrogen-bond acceptors (Lipinski definition) is 6. The Hall–Kier alpha value is -2.95. The summed E-state index contributed by atoms with van der Waals surface area (Å²) in [6, 6.07) is 11.9. The largest absolute Gasteiger partial charge is 0.379 e. The fourth-order valence-electron chi connectivity index (χ4n) is 4.85. The maximum Gasteiger partial charge on any atom is 0.255 e. The van der Waals surface area contributed by atoms with Gasteiger partial charge in [0.05, 0.1) is 29.5 Å². The Kier molecular flexibility index (Phi) is 6.77. The highest BCUT2D eigenvalue weighted by molar-refractivity contribution is 7.89. The minimum absolute atomic E-state index is 0.0933. The van der Waals surface area contributed by atoms with E-state index in [1.807, 2.05) is 0 Å². The Labute approximate surface area is 205 Å². The zero-order valence-corrected chi connectivity index (χ0v) is 20.4. The van der Waals surface area contributed by atoms with Gasteiger partial charge in [0.1, 0.15) is 0 Å². The van der Waals surface area contributed by atoms with E-state index in [4.69, 9.17) is 4.74 Å². The van der Waals surface area contributed by atoms with Gasteiger partial charge < -0.3 is 19.9 Å². The minimum Gasteiger partial charge on any atom is -0.379 e. The number of rotatable bonds is 6. The molecule has 2 aromatic rings. The van der Waals surface area contributed by atoms with E-state index >= 15 is 0 Å². The van der Waals surface area contributed by atoms with Crippen LogP contribution < -0.4 is 15.1 Å². The zero-order chi connectivity index (χ0) is 24.4. The number of amides is 2. The van der Waals surface area contributed by atoms with Gasteiger partial charge in [-0.2, -0.15) is 4.31 Å². The van der Waals surface area contributed by atoms with Crippen LogP contribution in [0.4, 0.5) is 17.1 Å². The van der Waals surface area contributed by atoms with Crippen molar-refractivity contribution in [3.8, 4) is 0 Å². The van der Waals surface area contributed by atoms with Gasteiger partial charge in [0, 0.05) is 50.4 Å². The van der Waals surface area contributed by atoms with E-state index in [9.17, 15) is 18.0 Å². The number of nitrogens with one attached hydrogen (secondary N) is 1. The van der Waals surface area contributed by atoms with Crippen LogP contribution in [0, 0.1) is 0 Å². The molecule has 3 aliphatic rings. The molecule has 0 saturated carbocycles. The summed E-state index contributed by atoms with van der Waals surface area (Å²) in [4.78, 5) is 29.2.